The van der Waals surface area contributed by atoms with Gasteiger partial charge in [-0.05, 0) is 42.0 Å². The molecule has 2 atom stereocenters. The Morgan fingerprint density at radius 3 is 2.62 bits per heavy atom. The van der Waals surface area contributed by atoms with Gasteiger partial charge in [0, 0.05) is 12.1 Å². The first kappa shape index (κ1) is 22.3. The van der Waals surface area contributed by atoms with Crippen LogP contribution in [0.25, 0.3) is 0 Å². The van der Waals surface area contributed by atoms with Crippen molar-refractivity contribution in [2.75, 3.05) is 23.1 Å². The molecular formula is C23H24N4O3S2. The Bertz CT molecular complexity index is 1070. The first-order chi connectivity index (χ1) is 15.6. The normalized spacial score (nSPS) is 18.4. The minimum atomic E-state index is -0.428. The first-order valence-corrected chi connectivity index (χ1v) is 12.2. The summed E-state index contributed by atoms with van der Waals surface area (Å²) in [7, 11) is 1.60. The number of hydrogen-bond donors (Lipinski definition) is 1. The van der Waals surface area contributed by atoms with Crippen molar-refractivity contribution < 1.29 is 14.3 Å². The molecule has 166 valence electrons. The molecular weight excluding hydrogens is 444 g/mol. The number of methoxy groups -OCH3 is 1. The van der Waals surface area contributed by atoms with E-state index in [-0.39, 0.29) is 11.8 Å². The van der Waals surface area contributed by atoms with Gasteiger partial charge in [0.25, 0.3) is 0 Å². The quantitative estimate of drug-likeness (QED) is 0.397. The van der Waals surface area contributed by atoms with Gasteiger partial charge in [0.2, 0.25) is 16.9 Å². The zero-order valence-corrected chi connectivity index (χ0v) is 19.5. The van der Waals surface area contributed by atoms with Gasteiger partial charge in [-0.3, -0.25) is 9.59 Å². The molecule has 32 heavy (non-hydrogen) atoms. The molecule has 1 aromatic heterocycles. The number of anilines is 2. The molecule has 1 N–H and O–H groups in total. The van der Waals surface area contributed by atoms with Crippen LogP contribution >= 0.6 is 23.1 Å². The molecule has 0 spiro atoms. The number of ether oxygens (including phenoxy) is 1. The average molecular weight is 469 g/mol. The number of thioether (sulfide) groups is 1. The summed E-state index contributed by atoms with van der Waals surface area (Å²) in [6.45, 7) is 2.04. The second-order valence-corrected chi connectivity index (χ2v) is 9.75. The van der Waals surface area contributed by atoms with Crippen LogP contribution in [0.15, 0.2) is 58.9 Å². The van der Waals surface area contributed by atoms with Gasteiger partial charge in [0.15, 0.2) is 4.34 Å². The van der Waals surface area contributed by atoms with Gasteiger partial charge >= 0.3 is 0 Å². The molecule has 0 unspecified atom stereocenters. The average Bonchev–Trinajstić information content (AvgIpc) is 3.26. The summed E-state index contributed by atoms with van der Waals surface area (Å²) in [4.78, 5) is 28.2. The lowest BCUT2D eigenvalue weighted by Crippen LogP contribution is -2.46. The van der Waals surface area contributed by atoms with Crippen LogP contribution in [0.2, 0.25) is 0 Å². The smallest absolute Gasteiger partial charge is 0.231 e. The maximum Gasteiger partial charge on any atom is 0.231 e. The first-order valence-electron chi connectivity index (χ1n) is 10.4. The molecule has 1 aliphatic heterocycles. The monoisotopic (exact) mass is 468 g/mol. The predicted molar refractivity (Wildman–Crippen MR) is 127 cm³/mol. The number of benzene rings is 2. The Balaban J connectivity index is 1.66. The Labute approximate surface area is 195 Å². The zero-order valence-electron chi connectivity index (χ0n) is 17.9. The molecule has 2 aromatic carbocycles. The van der Waals surface area contributed by atoms with E-state index in [1.165, 1.54) is 11.3 Å². The van der Waals surface area contributed by atoms with E-state index >= 15 is 0 Å². The topological polar surface area (TPSA) is 84.4 Å². The van der Waals surface area contributed by atoms with Crippen LogP contribution < -0.4 is 15.0 Å². The molecule has 0 aliphatic carbocycles. The SMILES string of the molecule is CCSc1nnc(NC(=O)[C@H]2CCC(=O)N(c3ccc(OC)cc3)[C@H]2c2ccccc2)s1. The van der Waals surface area contributed by atoms with Crippen molar-refractivity contribution in [2.24, 2.45) is 5.92 Å². The van der Waals surface area contributed by atoms with Crippen molar-refractivity contribution in [2.45, 2.75) is 30.1 Å². The number of carbonyl (C=O) groups excluding carboxylic acids is 2. The van der Waals surface area contributed by atoms with Gasteiger partial charge in [-0.15, -0.1) is 10.2 Å². The highest BCUT2D eigenvalue weighted by Crippen LogP contribution is 2.41. The lowest BCUT2D eigenvalue weighted by Gasteiger charge is -2.40. The van der Waals surface area contributed by atoms with Crippen LogP contribution in [0.5, 0.6) is 5.75 Å². The predicted octanol–water partition coefficient (Wildman–Crippen LogP) is 4.78. The van der Waals surface area contributed by atoms with E-state index < -0.39 is 12.0 Å². The van der Waals surface area contributed by atoms with E-state index in [0.29, 0.717) is 23.7 Å². The summed E-state index contributed by atoms with van der Waals surface area (Å²) < 4.78 is 6.08. The van der Waals surface area contributed by atoms with Crippen LogP contribution in [-0.4, -0.2) is 34.9 Å². The van der Waals surface area contributed by atoms with E-state index in [1.54, 1.807) is 23.8 Å². The van der Waals surface area contributed by atoms with Crippen molar-refractivity contribution in [3.05, 3.63) is 60.2 Å². The van der Waals surface area contributed by atoms with E-state index in [1.807, 2.05) is 61.5 Å². The van der Waals surface area contributed by atoms with Crippen molar-refractivity contribution >= 4 is 45.7 Å². The number of aromatic nitrogens is 2. The molecule has 1 fully saturated rings. The fraction of sp³-hybridized carbons (Fsp3) is 0.304. The summed E-state index contributed by atoms with van der Waals surface area (Å²) >= 11 is 2.95. The Morgan fingerprint density at radius 1 is 1.19 bits per heavy atom. The third-order valence-corrected chi connectivity index (χ3v) is 7.18. The molecule has 0 radical (unpaired) electrons. The summed E-state index contributed by atoms with van der Waals surface area (Å²) in [5.74, 6) is 1.00. The van der Waals surface area contributed by atoms with Gasteiger partial charge < -0.3 is 15.0 Å². The molecule has 2 heterocycles. The van der Waals surface area contributed by atoms with Crippen LogP contribution in [0.3, 0.4) is 0 Å². The van der Waals surface area contributed by atoms with Crippen LogP contribution in [0, 0.1) is 5.92 Å². The van der Waals surface area contributed by atoms with Crippen molar-refractivity contribution in [3.8, 4) is 5.75 Å². The maximum absolute atomic E-state index is 13.4. The lowest BCUT2D eigenvalue weighted by molar-refractivity contribution is -0.125. The summed E-state index contributed by atoms with van der Waals surface area (Å²) in [6, 6.07) is 16.6. The Hall–Kier alpha value is -2.91. The highest BCUT2D eigenvalue weighted by Gasteiger charge is 2.41. The number of nitrogens with one attached hydrogen (secondary N) is 1. The lowest BCUT2D eigenvalue weighted by atomic mass is 9.83. The fourth-order valence-corrected chi connectivity index (χ4v) is 5.54. The van der Waals surface area contributed by atoms with Crippen molar-refractivity contribution in [1.29, 1.82) is 0 Å². The third kappa shape index (κ3) is 4.78. The van der Waals surface area contributed by atoms with E-state index in [0.717, 1.165) is 21.3 Å². The number of amides is 2. The summed E-state index contributed by atoms with van der Waals surface area (Å²) in [5, 5.41) is 11.6. The van der Waals surface area contributed by atoms with Gasteiger partial charge in [-0.2, -0.15) is 0 Å². The maximum atomic E-state index is 13.4. The van der Waals surface area contributed by atoms with Crippen molar-refractivity contribution in [1.82, 2.24) is 10.2 Å². The highest BCUT2D eigenvalue weighted by molar-refractivity contribution is 8.01. The Morgan fingerprint density at radius 2 is 1.94 bits per heavy atom. The van der Waals surface area contributed by atoms with Gasteiger partial charge in [0.05, 0.1) is 19.1 Å². The van der Waals surface area contributed by atoms with E-state index in [9.17, 15) is 9.59 Å². The molecule has 9 heteroatoms. The van der Waals surface area contributed by atoms with Crippen LogP contribution in [-0.2, 0) is 9.59 Å². The fourth-order valence-electron chi connectivity index (χ4n) is 3.89. The number of piperidine rings is 1. The molecule has 0 bridgehead atoms. The highest BCUT2D eigenvalue weighted by atomic mass is 32.2. The second-order valence-electron chi connectivity index (χ2n) is 7.26. The third-order valence-electron chi connectivity index (χ3n) is 5.33. The van der Waals surface area contributed by atoms with Gasteiger partial charge in [-0.1, -0.05) is 60.4 Å². The van der Waals surface area contributed by atoms with Gasteiger partial charge in [0.1, 0.15) is 5.75 Å². The second kappa shape index (κ2) is 10.1. The van der Waals surface area contributed by atoms with E-state index in [4.69, 9.17) is 4.74 Å². The molecule has 4 rings (SSSR count). The minimum absolute atomic E-state index is 0.00869. The minimum Gasteiger partial charge on any atom is -0.497 e. The van der Waals surface area contributed by atoms with E-state index in [2.05, 4.69) is 15.5 Å². The number of rotatable bonds is 7. The number of hydrogen-bond acceptors (Lipinski definition) is 7. The zero-order chi connectivity index (χ0) is 22.5. The molecule has 1 saturated heterocycles. The largest absolute Gasteiger partial charge is 0.497 e. The molecule has 7 nitrogen and oxygen atoms in total. The van der Waals surface area contributed by atoms with Crippen molar-refractivity contribution in [3.63, 3.8) is 0 Å². The molecule has 1 aliphatic rings. The van der Waals surface area contributed by atoms with Gasteiger partial charge in [-0.25, -0.2) is 0 Å². The summed E-state index contributed by atoms with van der Waals surface area (Å²) in [5.41, 5.74) is 1.65. The molecule has 2 amide bonds. The number of carbonyl (C=O) groups is 2. The molecule has 3 aromatic rings. The van der Waals surface area contributed by atoms with Crippen LogP contribution in [0.1, 0.15) is 31.4 Å². The number of nitrogens with zero attached hydrogens (tertiary/aromatic N) is 3. The summed E-state index contributed by atoms with van der Waals surface area (Å²) in [6.07, 6.45) is 0.757. The standard InChI is InChI=1S/C23H24N4O3S2/c1-3-31-23-26-25-22(32-23)24-21(29)18-13-14-19(28)27(16-9-11-17(30-2)12-10-16)20(18)15-7-5-4-6-8-15/h4-12,18,20H,3,13-14H2,1-2H3,(H,24,25,29)/t18-,20-/m0/s1. The molecule has 0 saturated carbocycles. The Kier molecular flexibility index (Phi) is 7.06. The van der Waals surface area contributed by atoms with Crippen LogP contribution in [0.4, 0.5) is 10.8 Å².